The van der Waals surface area contributed by atoms with E-state index in [9.17, 15) is 13.2 Å². The predicted molar refractivity (Wildman–Crippen MR) is 119 cm³/mol. The van der Waals surface area contributed by atoms with E-state index < -0.39 is 10.0 Å². The Morgan fingerprint density at radius 2 is 1.50 bits per heavy atom. The van der Waals surface area contributed by atoms with E-state index >= 15 is 0 Å². The summed E-state index contributed by atoms with van der Waals surface area (Å²) in [5.41, 5.74) is 1.11. The van der Waals surface area contributed by atoms with Gasteiger partial charge in [-0.05, 0) is 64.5 Å². The molecule has 0 spiro atoms. The van der Waals surface area contributed by atoms with Crippen molar-refractivity contribution in [1.82, 2.24) is 0 Å². The number of carbonyl (C=O) groups is 1. The van der Waals surface area contributed by atoms with Gasteiger partial charge in [-0.1, -0.05) is 18.2 Å². The number of methoxy groups -OCH3 is 2. The van der Waals surface area contributed by atoms with E-state index in [4.69, 9.17) is 9.47 Å². The lowest BCUT2D eigenvalue weighted by atomic mass is 10.2. The summed E-state index contributed by atoms with van der Waals surface area (Å²) < 4.78 is 39.5. The SMILES string of the molecule is COc1ccc(NS(=O)(=O)c2cc(NC(=O)c3ccccc3)ccc2OC)cc1Br. The summed E-state index contributed by atoms with van der Waals surface area (Å²) >= 11 is 3.33. The summed E-state index contributed by atoms with van der Waals surface area (Å²) in [7, 11) is -1.11. The summed E-state index contributed by atoms with van der Waals surface area (Å²) in [5, 5.41) is 2.70. The molecule has 1 amide bonds. The van der Waals surface area contributed by atoms with E-state index in [1.54, 1.807) is 54.6 Å². The highest BCUT2D eigenvalue weighted by molar-refractivity contribution is 9.10. The molecule has 0 bridgehead atoms. The number of carbonyl (C=O) groups excluding carboxylic acids is 1. The first kappa shape index (κ1) is 21.7. The van der Waals surface area contributed by atoms with Crippen LogP contribution in [0.15, 0.2) is 76.1 Å². The Balaban J connectivity index is 1.90. The molecule has 0 fully saturated rings. The van der Waals surface area contributed by atoms with Gasteiger partial charge in [0.1, 0.15) is 16.4 Å². The van der Waals surface area contributed by atoms with Crippen LogP contribution in [-0.4, -0.2) is 28.5 Å². The van der Waals surface area contributed by atoms with Crippen molar-refractivity contribution in [3.8, 4) is 11.5 Å². The summed E-state index contributed by atoms with van der Waals surface area (Å²) in [5.74, 6) is 0.366. The number of amides is 1. The fraction of sp³-hybridized carbons (Fsp3) is 0.0952. The Kier molecular flexibility index (Phi) is 6.63. The number of nitrogens with one attached hydrogen (secondary N) is 2. The Morgan fingerprint density at radius 1 is 0.867 bits per heavy atom. The maximum atomic E-state index is 13.0. The largest absolute Gasteiger partial charge is 0.496 e. The number of halogens is 1. The zero-order valence-corrected chi connectivity index (χ0v) is 18.6. The molecule has 0 unspecified atom stereocenters. The van der Waals surface area contributed by atoms with Crippen molar-refractivity contribution in [2.45, 2.75) is 4.90 Å². The number of rotatable bonds is 7. The molecular formula is C21H19BrN2O5S. The number of anilines is 2. The van der Waals surface area contributed by atoms with Crippen molar-refractivity contribution in [3.63, 3.8) is 0 Å². The lowest BCUT2D eigenvalue weighted by Crippen LogP contribution is -2.16. The first-order valence-electron chi connectivity index (χ1n) is 8.75. The number of ether oxygens (including phenoxy) is 2. The maximum absolute atomic E-state index is 13.0. The lowest BCUT2D eigenvalue weighted by Gasteiger charge is -2.14. The van der Waals surface area contributed by atoms with Gasteiger partial charge in [0, 0.05) is 11.3 Å². The summed E-state index contributed by atoms with van der Waals surface area (Å²) in [6, 6.07) is 17.8. The van der Waals surface area contributed by atoms with Crippen molar-refractivity contribution >= 4 is 43.2 Å². The molecule has 9 heteroatoms. The van der Waals surface area contributed by atoms with Crippen LogP contribution in [0.5, 0.6) is 11.5 Å². The monoisotopic (exact) mass is 490 g/mol. The van der Waals surface area contributed by atoms with E-state index in [1.165, 1.54) is 26.4 Å². The van der Waals surface area contributed by atoms with E-state index in [1.807, 2.05) is 0 Å². The van der Waals surface area contributed by atoms with Crippen LogP contribution in [0.25, 0.3) is 0 Å². The molecule has 0 atom stereocenters. The van der Waals surface area contributed by atoms with Gasteiger partial charge in [0.05, 0.1) is 24.4 Å². The van der Waals surface area contributed by atoms with Gasteiger partial charge in [-0.2, -0.15) is 0 Å². The Morgan fingerprint density at radius 3 is 2.13 bits per heavy atom. The van der Waals surface area contributed by atoms with Crippen LogP contribution in [0.1, 0.15) is 10.4 Å². The molecule has 0 heterocycles. The normalized spacial score (nSPS) is 10.9. The molecule has 156 valence electrons. The minimum absolute atomic E-state index is 0.109. The van der Waals surface area contributed by atoms with Crippen molar-refractivity contribution in [2.24, 2.45) is 0 Å². The number of hydrogen-bond donors (Lipinski definition) is 2. The van der Waals surface area contributed by atoms with Crippen LogP contribution in [-0.2, 0) is 10.0 Å². The molecule has 3 aromatic carbocycles. The second kappa shape index (κ2) is 9.19. The molecule has 3 rings (SSSR count). The minimum atomic E-state index is -4.00. The van der Waals surface area contributed by atoms with Gasteiger partial charge in [0.2, 0.25) is 0 Å². The quantitative estimate of drug-likeness (QED) is 0.507. The summed E-state index contributed by atoms with van der Waals surface area (Å²) in [6.45, 7) is 0. The van der Waals surface area contributed by atoms with Gasteiger partial charge < -0.3 is 14.8 Å². The van der Waals surface area contributed by atoms with Crippen molar-refractivity contribution < 1.29 is 22.7 Å². The Labute approximate surface area is 183 Å². The molecule has 0 aliphatic carbocycles. The van der Waals surface area contributed by atoms with E-state index in [-0.39, 0.29) is 16.6 Å². The molecule has 3 aromatic rings. The predicted octanol–water partition coefficient (Wildman–Crippen LogP) is 4.52. The number of hydrogen-bond acceptors (Lipinski definition) is 5. The summed E-state index contributed by atoms with van der Waals surface area (Å²) in [6.07, 6.45) is 0. The molecule has 0 aliphatic rings. The first-order chi connectivity index (χ1) is 14.3. The van der Waals surface area contributed by atoms with Crippen LogP contribution >= 0.6 is 15.9 Å². The van der Waals surface area contributed by atoms with Crippen LogP contribution in [0.3, 0.4) is 0 Å². The van der Waals surface area contributed by atoms with E-state index in [0.29, 0.717) is 27.2 Å². The number of benzene rings is 3. The molecule has 7 nitrogen and oxygen atoms in total. The molecule has 2 N–H and O–H groups in total. The lowest BCUT2D eigenvalue weighted by molar-refractivity contribution is 0.102. The minimum Gasteiger partial charge on any atom is -0.496 e. The smallest absolute Gasteiger partial charge is 0.265 e. The fourth-order valence-electron chi connectivity index (χ4n) is 2.70. The van der Waals surface area contributed by atoms with E-state index in [2.05, 4.69) is 26.0 Å². The molecular weight excluding hydrogens is 472 g/mol. The van der Waals surface area contributed by atoms with Gasteiger partial charge in [0.25, 0.3) is 15.9 Å². The maximum Gasteiger partial charge on any atom is 0.265 e. The number of sulfonamides is 1. The average molecular weight is 491 g/mol. The van der Waals surface area contributed by atoms with Gasteiger partial charge in [-0.25, -0.2) is 8.42 Å². The summed E-state index contributed by atoms with van der Waals surface area (Å²) in [4.78, 5) is 12.3. The van der Waals surface area contributed by atoms with Gasteiger partial charge >= 0.3 is 0 Å². The third kappa shape index (κ3) is 4.92. The highest BCUT2D eigenvalue weighted by Gasteiger charge is 2.21. The molecule has 0 saturated heterocycles. The van der Waals surface area contributed by atoms with Crippen molar-refractivity contribution in [3.05, 3.63) is 76.8 Å². The highest BCUT2D eigenvalue weighted by atomic mass is 79.9. The molecule has 0 radical (unpaired) electrons. The molecule has 0 aromatic heterocycles. The van der Waals surface area contributed by atoms with Crippen molar-refractivity contribution in [2.75, 3.05) is 24.3 Å². The third-order valence-electron chi connectivity index (χ3n) is 4.15. The fourth-order valence-corrected chi connectivity index (χ4v) is 4.48. The Bertz CT molecular complexity index is 1170. The first-order valence-corrected chi connectivity index (χ1v) is 11.0. The standard InChI is InChI=1S/C21H19BrN2O5S/c1-28-18-10-9-16(12-17(18)22)24-30(26,27)20-13-15(8-11-19(20)29-2)23-21(25)14-6-4-3-5-7-14/h3-13,24H,1-2H3,(H,23,25). The molecule has 0 aliphatic heterocycles. The van der Waals surface area contributed by atoms with Crippen LogP contribution in [0, 0.1) is 0 Å². The van der Waals surface area contributed by atoms with Crippen LogP contribution in [0.2, 0.25) is 0 Å². The van der Waals surface area contributed by atoms with Crippen LogP contribution < -0.4 is 19.5 Å². The second-order valence-electron chi connectivity index (χ2n) is 6.14. The van der Waals surface area contributed by atoms with E-state index in [0.717, 1.165) is 0 Å². The third-order valence-corrected chi connectivity index (χ3v) is 6.17. The zero-order chi connectivity index (χ0) is 21.7. The van der Waals surface area contributed by atoms with Gasteiger partial charge in [-0.3, -0.25) is 9.52 Å². The van der Waals surface area contributed by atoms with Gasteiger partial charge in [-0.15, -0.1) is 0 Å². The zero-order valence-electron chi connectivity index (χ0n) is 16.2. The highest BCUT2D eigenvalue weighted by Crippen LogP contribution is 2.32. The van der Waals surface area contributed by atoms with Crippen molar-refractivity contribution in [1.29, 1.82) is 0 Å². The topological polar surface area (TPSA) is 93.7 Å². The molecule has 0 saturated carbocycles. The van der Waals surface area contributed by atoms with Gasteiger partial charge in [0.15, 0.2) is 0 Å². The second-order valence-corrected chi connectivity index (χ2v) is 8.65. The van der Waals surface area contributed by atoms with Crippen LogP contribution in [0.4, 0.5) is 11.4 Å². The Hall–Kier alpha value is -3.04. The molecule has 30 heavy (non-hydrogen) atoms. The average Bonchev–Trinajstić information content (AvgIpc) is 2.74.